The van der Waals surface area contributed by atoms with Crippen LogP contribution in [0.2, 0.25) is 0 Å². The van der Waals surface area contributed by atoms with Gasteiger partial charge in [0.2, 0.25) is 0 Å². The summed E-state index contributed by atoms with van der Waals surface area (Å²) in [4.78, 5) is 4.07. The van der Waals surface area contributed by atoms with Crippen molar-refractivity contribution in [3.05, 3.63) is 35.1 Å². The van der Waals surface area contributed by atoms with E-state index in [0.29, 0.717) is 6.54 Å². The van der Waals surface area contributed by atoms with Crippen LogP contribution >= 0.6 is 0 Å². The van der Waals surface area contributed by atoms with E-state index in [1.807, 2.05) is 0 Å². The Morgan fingerprint density at radius 1 is 1.47 bits per heavy atom. The predicted molar refractivity (Wildman–Crippen MR) is 54.0 cm³/mol. The molecule has 0 bridgehead atoms. The summed E-state index contributed by atoms with van der Waals surface area (Å²) in [5, 5.41) is 0. The Hall–Kier alpha value is -1.58. The van der Waals surface area contributed by atoms with E-state index < -0.39 is 5.60 Å². The van der Waals surface area contributed by atoms with Gasteiger partial charge in [0.05, 0.1) is 6.54 Å². The molecule has 4 heteroatoms. The minimum Gasteiger partial charge on any atom is -0.452 e. The number of aliphatic imine (C=N–C) groups is 1. The van der Waals surface area contributed by atoms with Crippen LogP contribution in [0.15, 0.2) is 23.2 Å². The average Bonchev–Trinajstić information content (AvgIpc) is 2.73. The minimum absolute atomic E-state index is 0.197. The molecule has 1 aromatic carbocycles. The largest absolute Gasteiger partial charge is 0.452 e. The summed E-state index contributed by atoms with van der Waals surface area (Å²) in [6.45, 7) is 0.553. The van der Waals surface area contributed by atoms with Gasteiger partial charge >= 0.3 is 0 Å². The highest BCUT2D eigenvalue weighted by atomic mass is 19.1. The van der Waals surface area contributed by atoms with Gasteiger partial charge in [-0.1, -0.05) is 6.07 Å². The van der Waals surface area contributed by atoms with Gasteiger partial charge in [0.25, 0.3) is 6.02 Å². The van der Waals surface area contributed by atoms with Gasteiger partial charge < -0.3 is 10.5 Å². The van der Waals surface area contributed by atoms with Crippen LogP contribution in [0.4, 0.5) is 4.39 Å². The lowest BCUT2D eigenvalue weighted by molar-refractivity contribution is 0.0858. The summed E-state index contributed by atoms with van der Waals surface area (Å²) in [7, 11) is 0. The average molecular weight is 206 g/mol. The third kappa shape index (κ3) is 1.14. The first-order valence-electron chi connectivity index (χ1n) is 4.97. The molecule has 1 aliphatic carbocycles. The van der Waals surface area contributed by atoms with Crippen LogP contribution in [0.5, 0.6) is 0 Å². The first-order chi connectivity index (χ1) is 7.20. The summed E-state index contributed by atoms with van der Waals surface area (Å²) < 4.78 is 18.6. The topological polar surface area (TPSA) is 47.6 Å². The van der Waals surface area contributed by atoms with E-state index in [1.165, 1.54) is 6.07 Å². The fourth-order valence-corrected chi connectivity index (χ4v) is 2.43. The second kappa shape index (κ2) is 2.72. The molecular weight excluding hydrogens is 195 g/mol. The zero-order valence-corrected chi connectivity index (χ0v) is 8.16. The molecule has 0 amide bonds. The van der Waals surface area contributed by atoms with Gasteiger partial charge in [-0.3, -0.25) is 0 Å². The third-order valence-corrected chi connectivity index (χ3v) is 3.15. The van der Waals surface area contributed by atoms with Gasteiger partial charge in [-0.15, -0.1) is 0 Å². The molecule has 0 radical (unpaired) electrons. The summed E-state index contributed by atoms with van der Waals surface area (Å²) in [5.74, 6) is -0.197. The summed E-state index contributed by atoms with van der Waals surface area (Å²) >= 11 is 0. The van der Waals surface area contributed by atoms with Gasteiger partial charge in [-0.05, 0) is 30.5 Å². The Labute approximate surface area is 86.8 Å². The van der Waals surface area contributed by atoms with Gasteiger partial charge in [0, 0.05) is 5.56 Å². The number of aryl methyl sites for hydroxylation is 1. The van der Waals surface area contributed by atoms with Crippen molar-refractivity contribution < 1.29 is 9.13 Å². The molecule has 1 aromatic rings. The number of benzene rings is 1. The van der Waals surface area contributed by atoms with Crippen LogP contribution in [0.1, 0.15) is 17.5 Å². The van der Waals surface area contributed by atoms with Crippen LogP contribution in [-0.2, 0) is 16.8 Å². The van der Waals surface area contributed by atoms with Crippen molar-refractivity contribution in [3.63, 3.8) is 0 Å². The SMILES string of the molecule is NC1=NC[C@]2(CCc3cc(F)ccc32)O1. The number of rotatable bonds is 0. The molecule has 0 aromatic heterocycles. The Morgan fingerprint density at radius 3 is 3.07 bits per heavy atom. The maximum absolute atomic E-state index is 13.0. The van der Waals surface area contributed by atoms with E-state index in [1.54, 1.807) is 12.1 Å². The molecule has 1 heterocycles. The van der Waals surface area contributed by atoms with Gasteiger partial charge in [0.1, 0.15) is 5.82 Å². The number of fused-ring (bicyclic) bond motifs is 2. The number of hydrogen-bond donors (Lipinski definition) is 1. The van der Waals surface area contributed by atoms with E-state index in [9.17, 15) is 4.39 Å². The molecule has 1 atom stereocenters. The Bertz CT molecular complexity index is 458. The number of nitrogens with zero attached hydrogens (tertiary/aromatic N) is 1. The highest BCUT2D eigenvalue weighted by Crippen LogP contribution is 2.42. The molecule has 0 saturated carbocycles. The van der Waals surface area contributed by atoms with Gasteiger partial charge in [-0.25, -0.2) is 9.38 Å². The van der Waals surface area contributed by atoms with Crippen LogP contribution in [0, 0.1) is 5.82 Å². The first kappa shape index (κ1) is 8.71. The lowest BCUT2D eigenvalue weighted by atomic mass is 9.96. The number of ether oxygens (including phenoxy) is 1. The minimum atomic E-state index is -0.410. The van der Waals surface area contributed by atoms with E-state index in [-0.39, 0.29) is 11.8 Å². The number of nitrogens with two attached hydrogens (primary N) is 1. The molecule has 3 rings (SSSR count). The zero-order valence-electron chi connectivity index (χ0n) is 8.16. The zero-order chi connectivity index (χ0) is 10.5. The van der Waals surface area contributed by atoms with Crippen molar-refractivity contribution >= 4 is 6.02 Å². The third-order valence-electron chi connectivity index (χ3n) is 3.15. The monoisotopic (exact) mass is 206 g/mol. The molecule has 1 aliphatic heterocycles. The van der Waals surface area contributed by atoms with Gasteiger partial charge in [-0.2, -0.15) is 0 Å². The molecule has 0 saturated heterocycles. The maximum atomic E-state index is 13.0. The molecule has 0 fully saturated rings. The molecule has 3 nitrogen and oxygen atoms in total. The highest BCUT2D eigenvalue weighted by Gasteiger charge is 2.44. The molecule has 78 valence electrons. The molecular formula is C11H11FN2O. The lowest BCUT2D eigenvalue weighted by Crippen LogP contribution is -2.29. The first-order valence-corrected chi connectivity index (χ1v) is 4.97. The van der Waals surface area contributed by atoms with E-state index in [4.69, 9.17) is 10.5 Å². The van der Waals surface area contributed by atoms with Gasteiger partial charge in [0.15, 0.2) is 5.60 Å². The van der Waals surface area contributed by atoms with Crippen LogP contribution in [0.25, 0.3) is 0 Å². The van der Waals surface area contributed by atoms with Crippen molar-refractivity contribution in [1.82, 2.24) is 0 Å². The van der Waals surface area contributed by atoms with Crippen molar-refractivity contribution in [2.75, 3.05) is 6.54 Å². The van der Waals surface area contributed by atoms with Crippen molar-refractivity contribution in [2.24, 2.45) is 10.7 Å². The standard InChI is InChI=1S/C11H11FN2O/c12-8-1-2-9-7(5-8)3-4-11(9)6-14-10(13)15-11/h1-2,5H,3-4,6H2,(H2,13,14)/t11-/m0/s1. The van der Waals surface area contributed by atoms with E-state index >= 15 is 0 Å². The molecule has 2 N–H and O–H groups in total. The van der Waals surface area contributed by atoms with Crippen molar-refractivity contribution in [2.45, 2.75) is 18.4 Å². The Kier molecular flexibility index (Phi) is 1.58. The second-order valence-corrected chi connectivity index (χ2v) is 4.05. The fourth-order valence-electron chi connectivity index (χ4n) is 2.43. The molecule has 1 spiro atoms. The normalized spacial score (nSPS) is 27.7. The quantitative estimate of drug-likeness (QED) is 0.695. The summed E-state index contributed by atoms with van der Waals surface area (Å²) in [6.07, 6.45) is 1.66. The predicted octanol–water partition coefficient (Wildman–Crippen LogP) is 1.31. The number of amidine groups is 1. The van der Waals surface area contributed by atoms with Crippen LogP contribution in [0.3, 0.4) is 0 Å². The summed E-state index contributed by atoms with van der Waals surface area (Å²) in [6, 6.07) is 5.06. The Morgan fingerprint density at radius 2 is 2.33 bits per heavy atom. The van der Waals surface area contributed by atoms with Crippen molar-refractivity contribution in [1.29, 1.82) is 0 Å². The van der Waals surface area contributed by atoms with E-state index in [0.717, 1.165) is 24.0 Å². The van der Waals surface area contributed by atoms with Crippen LogP contribution in [-0.4, -0.2) is 12.6 Å². The number of hydrogen-bond acceptors (Lipinski definition) is 3. The molecule has 2 aliphatic rings. The highest BCUT2D eigenvalue weighted by molar-refractivity contribution is 5.74. The molecule has 0 unspecified atom stereocenters. The smallest absolute Gasteiger partial charge is 0.283 e. The fraction of sp³-hybridized carbons (Fsp3) is 0.364. The van der Waals surface area contributed by atoms with E-state index in [2.05, 4.69) is 4.99 Å². The lowest BCUT2D eigenvalue weighted by Gasteiger charge is -2.23. The summed E-state index contributed by atoms with van der Waals surface area (Å²) in [5.41, 5.74) is 7.17. The maximum Gasteiger partial charge on any atom is 0.283 e. The molecule has 15 heavy (non-hydrogen) atoms. The second-order valence-electron chi connectivity index (χ2n) is 4.05. The van der Waals surface area contributed by atoms with Crippen LogP contribution < -0.4 is 5.73 Å². The number of halogens is 1. The van der Waals surface area contributed by atoms with Crippen molar-refractivity contribution in [3.8, 4) is 0 Å². The Balaban J connectivity index is 2.06.